The third-order valence-corrected chi connectivity index (χ3v) is 2.80. The molecule has 1 aliphatic rings. The molecule has 0 aromatic carbocycles. The SMILES string of the molecule is Cc1nc2c(c(C)c1C)CNC2.Cl. The van der Waals surface area contributed by atoms with Crippen molar-refractivity contribution >= 4 is 12.4 Å². The van der Waals surface area contributed by atoms with Crippen LogP contribution in [-0.2, 0) is 13.1 Å². The van der Waals surface area contributed by atoms with E-state index < -0.39 is 0 Å². The van der Waals surface area contributed by atoms with Crippen molar-refractivity contribution in [3.8, 4) is 0 Å². The van der Waals surface area contributed by atoms with Crippen molar-refractivity contribution in [3.63, 3.8) is 0 Å². The van der Waals surface area contributed by atoms with Crippen LogP contribution in [0.3, 0.4) is 0 Å². The monoisotopic (exact) mass is 198 g/mol. The van der Waals surface area contributed by atoms with Crippen LogP contribution in [0.15, 0.2) is 0 Å². The predicted molar refractivity (Wildman–Crippen MR) is 56.2 cm³/mol. The number of fused-ring (bicyclic) bond motifs is 1. The Morgan fingerprint density at radius 2 is 1.77 bits per heavy atom. The van der Waals surface area contributed by atoms with Gasteiger partial charge in [-0.25, -0.2) is 0 Å². The average Bonchev–Trinajstić information content (AvgIpc) is 2.48. The predicted octanol–water partition coefficient (Wildman–Crippen LogP) is 2.03. The van der Waals surface area contributed by atoms with Crippen molar-refractivity contribution in [3.05, 3.63) is 28.1 Å². The molecular formula is C10H15ClN2. The molecule has 0 radical (unpaired) electrons. The maximum Gasteiger partial charge on any atom is 0.0592 e. The summed E-state index contributed by atoms with van der Waals surface area (Å²) in [4.78, 5) is 4.55. The third-order valence-electron chi connectivity index (χ3n) is 2.80. The summed E-state index contributed by atoms with van der Waals surface area (Å²) < 4.78 is 0. The van der Waals surface area contributed by atoms with Crippen molar-refractivity contribution in [2.24, 2.45) is 0 Å². The lowest BCUT2D eigenvalue weighted by Crippen LogP contribution is -2.00. The summed E-state index contributed by atoms with van der Waals surface area (Å²) >= 11 is 0. The summed E-state index contributed by atoms with van der Waals surface area (Å²) in [5.41, 5.74) is 6.60. The highest BCUT2D eigenvalue weighted by Gasteiger charge is 2.16. The Morgan fingerprint density at radius 3 is 2.46 bits per heavy atom. The molecule has 13 heavy (non-hydrogen) atoms. The second-order valence-electron chi connectivity index (χ2n) is 3.48. The summed E-state index contributed by atoms with van der Waals surface area (Å²) in [6.45, 7) is 8.36. The molecule has 1 N–H and O–H groups in total. The van der Waals surface area contributed by atoms with Crippen LogP contribution in [0.25, 0.3) is 0 Å². The van der Waals surface area contributed by atoms with Gasteiger partial charge in [-0.2, -0.15) is 0 Å². The van der Waals surface area contributed by atoms with Gasteiger partial charge in [0.2, 0.25) is 0 Å². The van der Waals surface area contributed by atoms with E-state index in [0.717, 1.165) is 13.1 Å². The minimum absolute atomic E-state index is 0. The summed E-state index contributed by atoms with van der Waals surface area (Å²) in [6, 6.07) is 0. The first kappa shape index (κ1) is 10.5. The van der Waals surface area contributed by atoms with Crippen LogP contribution in [0.5, 0.6) is 0 Å². The second kappa shape index (κ2) is 3.64. The maximum absolute atomic E-state index is 4.55. The summed E-state index contributed by atoms with van der Waals surface area (Å²) in [5.74, 6) is 0. The Morgan fingerprint density at radius 1 is 1.08 bits per heavy atom. The van der Waals surface area contributed by atoms with E-state index in [1.165, 1.54) is 28.1 Å². The molecule has 0 aliphatic carbocycles. The quantitative estimate of drug-likeness (QED) is 0.690. The molecule has 2 rings (SSSR count). The molecule has 0 bridgehead atoms. The number of aromatic nitrogens is 1. The molecule has 2 nitrogen and oxygen atoms in total. The fraction of sp³-hybridized carbons (Fsp3) is 0.500. The Kier molecular flexibility index (Phi) is 2.94. The number of hydrogen-bond donors (Lipinski definition) is 1. The first-order valence-electron chi connectivity index (χ1n) is 4.36. The molecule has 0 atom stereocenters. The number of rotatable bonds is 0. The van der Waals surface area contributed by atoms with Gasteiger partial charge in [-0.05, 0) is 37.5 Å². The number of hydrogen-bond acceptors (Lipinski definition) is 2. The smallest absolute Gasteiger partial charge is 0.0592 e. The van der Waals surface area contributed by atoms with Crippen molar-refractivity contribution in [1.82, 2.24) is 10.3 Å². The molecule has 0 saturated carbocycles. The fourth-order valence-corrected chi connectivity index (χ4v) is 1.75. The number of nitrogens with one attached hydrogen (secondary N) is 1. The van der Waals surface area contributed by atoms with Gasteiger partial charge in [0, 0.05) is 18.8 Å². The first-order valence-corrected chi connectivity index (χ1v) is 4.36. The van der Waals surface area contributed by atoms with E-state index in [9.17, 15) is 0 Å². The molecule has 0 saturated heterocycles. The van der Waals surface area contributed by atoms with E-state index in [2.05, 4.69) is 31.1 Å². The minimum Gasteiger partial charge on any atom is -0.307 e. The van der Waals surface area contributed by atoms with E-state index in [-0.39, 0.29) is 12.4 Å². The summed E-state index contributed by atoms with van der Waals surface area (Å²) in [5, 5.41) is 3.32. The fourth-order valence-electron chi connectivity index (χ4n) is 1.75. The highest BCUT2D eigenvalue weighted by atomic mass is 35.5. The van der Waals surface area contributed by atoms with Gasteiger partial charge in [0.25, 0.3) is 0 Å². The highest BCUT2D eigenvalue weighted by Crippen LogP contribution is 2.22. The zero-order valence-electron chi connectivity index (χ0n) is 8.27. The van der Waals surface area contributed by atoms with E-state index >= 15 is 0 Å². The number of halogens is 1. The standard InChI is InChI=1S/C10H14N2.ClH/c1-6-7(2)9-4-11-5-10(9)12-8(6)3;/h11H,4-5H2,1-3H3;1H. The highest BCUT2D eigenvalue weighted by molar-refractivity contribution is 5.85. The maximum atomic E-state index is 4.55. The van der Waals surface area contributed by atoms with Crippen molar-refractivity contribution in [2.75, 3.05) is 0 Å². The lowest BCUT2D eigenvalue weighted by atomic mass is 10.0. The van der Waals surface area contributed by atoms with Crippen molar-refractivity contribution in [2.45, 2.75) is 33.9 Å². The summed E-state index contributed by atoms with van der Waals surface area (Å²) in [7, 11) is 0. The Bertz CT molecular complexity index is 334. The van der Waals surface area contributed by atoms with Crippen LogP contribution >= 0.6 is 12.4 Å². The molecule has 1 aromatic rings. The molecular weight excluding hydrogens is 184 g/mol. The first-order chi connectivity index (χ1) is 5.70. The van der Waals surface area contributed by atoms with Gasteiger partial charge in [-0.1, -0.05) is 0 Å². The molecule has 1 aromatic heterocycles. The van der Waals surface area contributed by atoms with Crippen molar-refractivity contribution < 1.29 is 0 Å². The Balaban J connectivity index is 0.000000845. The van der Waals surface area contributed by atoms with Crippen LogP contribution in [0.2, 0.25) is 0 Å². The van der Waals surface area contributed by atoms with Gasteiger partial charge in [-0.15, -0.1) is 12.4 Å². The summed E-state index contributed by atoms with van der Waals surface area (Å²) in [6.07, 6.45) is 0. The molecule has 3 heteroatoms. The van der Waals surface area contributed by atoms with Crippen LogP contribution in [-0.4, -0.2) is 4.98 Å². The Labute approximate surface area is 85.2 Å². The topological polar surface area (TPSA) is 24.9 Å². The van der Waals surface area contributed by atoms with Crippen molar-refractivity contribution in [1.29, 1.82) is 0 Å². The molecule has 72 valence electrons. The second-order valence-corrected chi connectivity index (χ2v) is 3.48. The number of aryl methyl sites for hydroxylation is 1. The van der Waals surface area contributed by atoms with Gasteiger partial charge in [0.15, 0.2) is 0 Å². The Hall–Kier alpha value is -0.600. The van der Waals surface area contributed by atoms with Gasteiger partial charge in [-0.3, -0.25) is 4.98 Å². The van der Waals surface area contributed by atoms with Crippen LogP contribution in [0.4, 0.5) is 0 Å². The molecule has 0 fully saturated rings. The molecule has 2 heterocycles. The lowest BCUT2D eigenvalue weighted by Gasteiger charge is -2.08. The lowest BCUT2D eigenvalue weighted by molar-refractivity contribution is 0.756. The third kappa shape index (κ3) is 1.56. The number of pyridine rings is 1. The van der Waals surface area contributed by atoms with E-state index in [1.54, 1.807) is 0 Å². The van der Waals surface area contributed by atoms with E-state index in [0.29, 0.717) is 0 Å². The molecule has 0 amide bonds. The zero-order valence-corrected chi connectivity index (χ0v) is 9.09. The molecule has 0 spiro atoms. The molecule has 1 aliphatic heterocycles. The van der Waals surface area contributed by atoms with E-state index in [4.69, 9.17) is 0 Å². The normalized spacial score (nSPS) is 13.8. The number of nitrogens with zero attached hydrogens (tertiary/aromatic N) is 1. The largest absolute Gasteiger partial charge is 0.307 e. The average molecular weight is 199 g/mol. The van der Waals surface area contributed by atoms with Gasteiger partial charge in [0.05, 0.1) is 5.69 Å². The van der Waals surface area contributed by atoms with Crippen LogP contribution in [0.1, 0.15) is 28.1 Å². The minimum atomic E-state index is 0. The molecule has 0 unspecified atom stereocenters. The van der Waals surface area contributed by atoms with Gasteiger partial charge in [0.1, 0.15) is 0 Å². The van der Waals surface area contributed by atoms with Crippen LogP contribution in [0, 0.1) is 20.8 Å². The van der Waals surface area contributed by atoms with Gasteiger partial charge < -0.3 is 5.32 Å². The van der Waals surface area contributed by atoms with Gasteiger partial charge >= 0.3 is 0 Å². The van der Waals surface area contributed by atoms with E-state index in [1.807, 2.05) is 0 Å². The van der Waals surface area contributed by atoms with Crippen LogP contribution < -0.4 is 5.32 Å². The zero-order chi connectivity index (χ0) is 8.72.